The van der Waals surface area contributed by atoms with Crippen LogP contribution in [0.15, 0.2) is 54.6 Å². The molecule has 3 aromatic rings. The molecule has 1 aliphatic heterocycles. The van der Waals surface area contributed by atoms with E-state index >= 15 is 0 Å². The number of nitrogens with zero attached hydrogens (tertiary/aromatic N) is 1. The Morgan fingerprint density at radius 1 is 0.882 bits per heavy atom. The summed E-state index contributed by atoms with van der Waals surface area (Å²) in [6.45, 7) is 0. The van der Waals surface area contributed by atoms with E-state index < -0.39 is 46.9 Å². The quantitative estimate of drug-likeness (QED) is 0.589. The molecule has 6 nitrogen and oxygen atoms in total. The summed E-state index contributed by atoms with van der Waals surface area (Å²) in [6.07, 6.45) is 0. The maximum absolute atomic E-state index is 14.9. The largest absolute Gasteiger partial charge is 0.493 e. The van der Waals surface area contributed by atoms with Gasteiger partial charge in [0.2, 0.25) is 5.91 Å². The Balaban J connectivity index is 1.93. The Morgan fingerprint density at radius 2 is 1.47 bits per heavy atom. The van der Waals surface area contributed by atoms with Gasteiger partial charge in [0.15, 0.2) is 11.5 Å². The van der Waals surface area contributed by atoms with Gasteiger partial charge in [0.05, 0.1) is 26.2 Å². The predicted molar refractivity (Wildman–Crippen MR) is 119 cm³/mol. The molecule has 9 heteroatoms. The van der Waals surface area contributed by atoms with E-state index in [4.69, 9.17) is 9.47 Å². The average Bonchev–Trinajstić information content (AvgIpc) is 2.83. The van der Waals surface area contributed by atoms with Gasteiger partial charge in [-0.1, -0.05) is 24.3 Å². The van der Waals surface area contributed by atoms with Crippen molar-refractivity contribution < 1.29 is 32.2 Å². The number of methoxy groups -OCH3 is 2. The monoisotopic (exact) mass is 470 g/mol. The summed E-state index contributed by atoms with van der Waals surface area (Å²) in [7, 11) is 4.22. The Hall–Kier alpha value is -4.01. The first kappa shape index (κ1) is 23.2. The van der Waals surface area contributed by atoms with Crippen LogP contribution < -0.4 is 14.8 Å². The number of nitrogens with one attached hydrogen (secondary N) is 1. The number of fused-ring (bicyclic) bond motifs is 1. The lowest BCUT2D eigenvalue weighted by Gasteiger charge is -2.40. The Labute approximate surface area is 193 Å². The summed E-state index contributed by atoms with van der Waals surface area (Å²) in [5.41, 5.74) is -0.223. The fraction of sp³-hybridized carbons (Fsp3) is 0.200. The van der Waals surface area contributed by atoms with Crippen molar-refractivity contribution in [3.8, 4) is 11.5 Å². The molecule has 0 aromatic heterocycles. The minimum absolute atomic E-state index is 0.0768. The summed E-state index contributed by atoms with van der Waals surface area (Å²) in [5.74, 6) is -4.62. The third kappa shape index (κ3) is 3.83. The lowest BCUT2D eigenvalue weighted by molar-refractivity contribution is -0.119. The van der Waals surface area contributed by atoms with Crippen LogP contribution >= 0.6 is 0 Å². The van der Waals surface area contributed by atoms with Crippen molar-refractivity contribution in [2.75, 3.05) is 26.6 Å². The second-order valence-electron chi connectivity index (χ2n) is 7.74. The highest BCUT2D eigenvalue weighted by atomic mass is 19.1. The zero-order valence-corrected chi connectivity index (χ0v) is 18.6. The maximum atomic E-state index is 14.9. The first-order valence-electron chi connectivity index (χ1n) is 10.3. The summed E-state index contributed by atoms with van der Waals surface area (Å²) in [5, 5.41) is 2.29. The molecule has 0 aliphatic carbocycles. The Kier molecular flexibility index (Phi) is 6.19. The number of para-hydroxylation sites is 1. The fourth-order valence-electron chi connectivity index (χ4n) is 4.25. The van der Waals surface area contributed by atoms with Crippen molar-refractivity contribution >= 4 is 17.5 Å². The van der Waals surface area contributed by atoms with Gasteiger partial charge in [0.1, 0.15) is 23.1 Å². The molecule has 0 fully saturated rings. The number of hydrogen-bond acceptors (Lipinski definition) is 4. The highest BCUT2D eigenvalue weighted by Crippen LogP contribution is 2.46. The Bertz CT molecular complexity index is 1260. The van der Waals surface area contributed by atoms with Crippen LogP contribution in [0.2, 0.25) is 0 Å². The number of halogens is 3. The summed E-state index contributed by atoms with van der Waals surface area (Å²) in [6, 6.07) is 10.7. The molecule has 0 saturated heterocycles. The van der Waals surface area contributed by atoms with Gasteiger partial charge in [-0.2, -0.15) is 0 Å². The van der Waals surface area contributed by atoms with Crippen LogP contribution in [-0.2, 0) is 4.79 Å². The number of carbonyl (C=O) groups is 2. The molecule has 0 bridgehead atoms. The van der Waals surface area contributed by atoms with Crippen molar-refractivity contribution in [3.05, 3.63) is 88.7 Å². The number of rotatable bonds is 5. The molecule has 4 rings (SSSR count). The van der Waals surface area contributed by atoms with Crippen molar-refractivity contribution in [1.29, 1.82) is 0 Å². The highest BCUT2D eigenvalue weighted by molar-refractivity contribution is 6.05. The lowest BCUT2D eigenvalue weighted by atomic mass is 9.79. The first-order valence-corrected chi connectivity index (χ1v) is 10.3. The summed E-state index contributed by atoms with van der Waals surface area (Å²) in [4.78, 5) is 28.1. The molecular formula is C25H21F3N2O4. The van der Waals surface area contributed by atoms with Gasteiger partial charge in [-0.15, -0.1) is 0 Å². The second-order valence-corrected chi connectivity index (χ2v) is 7.74. The average molecular weight is 470 g/mol. The molecule has 0 saturated carbocycles. The molecule has 2 atom stereocenters. The number of amides is 2. The van der Waals surface area contributed by atoms with Gasteiger partial charge < -0.3 is 19.7 Å². The topological polar surface area (TPSA) is 67.9 Å². The normalized spacial score (nSPS) is 17.2. The molecule has 1 heterocycles. The van der Waals surface area contributed by atoms with Crippen molar-refractivity contribution in [2.24, 2.45) is 0 Å². The number of ether oxygens (including phenoxy) is 2. The SMILES string of the molecule is COc1cc2c(cc1OC)[C@@H](C(=O)Nc1c(F)cccc1F)[C@@H](c1ccccc1F)N(C)C2=O. The lowest BCUT2D eigenvalue weighted by Crippen LogP contribution is -2.44. The van der Waals surface area contributed by atoms with Crippen LogP contribution in [-0.4, -0.2) is 38.0 Å². The molecule has 0 unspecified atom stereocenters. The van der Waals surface area contributed by atoms with Crippen LogP contribution in [0.1, 0.15) is 33.4 Å². The number of likely N-dealkylation sites (N-methyl/N-ethyl adjacent to an activating group) is 1. The number of benzene rings is 3. The van der Waals surface area contributed by atoms with Gasteiger partial charge >= 0.3 is 0 Å². The number of carbonyl (C=O) groups excluding carboxylic acids is 2. The molecule has 1 aliphatic rings. The molecule has 2 amide bonds. The standard InChI is InChI=1S/C25H21F3N2O4/c1-30-23(13-7-4-5-8-16(13)26)21(24(31)29-22-17(27)9-6-10-18(22)28)14-11-19(33-2)20(34-3)12-15(14)25(30)32/h4-12,21,23H,1-3H3,(H,29,31)/t21-,23-/m1/s1. The molecule has 1 N–H and O–H groups in total. The number of anilines is 1. The Morgan fingerprint density at radius 3 is 2.09 bits per heavy atom. The van der Waals surface area contributed by atoms with Gasteiger partial charge in [0, 0.05) is 18.2 Å². The minimum atomic E-state index is -1.23. The molecule has 0 radical (unpaired) electrons. The molecule has 34 heavy (non-hydrogen) atoms. The molecule has 3 aromatic carbocycles. The second kappa shape index (κ2) is 9.09. The third-order valence-corrected chi connectivity index (χ3v) is 5.89. The minimum Gasteiger partial charge on any atom is -0.493 e. The van der Waals surface area contributed by atoms with E-state index in [-0.39, 0.29) is 28.2 Å². The summed E-state index contributed by atoms with van der Waals surface area (Å²) >= 11 is 0. The summed E-state index contributed by atoms with van der Waals surface area (Å²) < 4.78 is 54.1. The smallest absolute Gasteiger partial charge is 0.254 e. The maximum Gasteiger partial charge on any atom is 0.254 e. The van der Waals surface area contributed by atoms with E-state index in [2.05, 4.69) is 5.32 Å². The van der Waals surface area contributed by atoms with E-state index in [1.165, 1.54) is 62.6 Å². The van der Waals surface area contributed by atoms with E-state index in [0.717, 1.165) is 12.1 Å². The van der Waals surface area contributed by atoms with Gasteiger partial charge in [-0.05, 0) is 35.9 Å². The predicted octanol–water partition coefficient (Wildman–Crippen LogP) is 4.67. The van der Waals surface area contributed by atoms with Crippen LogP contribution in [0.5, 0.6) is 11.5 Å². The molecule has 176 valence electrons. The molecular weight excluding hydrogens is 449 g/mol. The third-order valence-electron chi connectivity index (χ3n) is 5.89. The van der Waals surface area contributed by atoms with E-state index in [0.29, 0.717) is 0 Å². The van der Waals surface area contributed by atoms with Crippen LogP contribution in [0.25, 0.3) is 0 Å². The zero-order valence-electron chi connectivity index (χ0n) is 18.6. The van der Waals surface area contributed by atoms with Gasteiger partial charge in [0.25, 0.3) is 5.91 Å². The van der Waals surface area contributed by atoms with Crippen molar-refractivity contribution in [1.82, 2.24) is 4.90 Å². The highest BCUT2D eigenvalue weighted by Gasteiger charge is 2.44. The zero-order chi connectivity index (χ0) is 24.6. The fourth-order valence-corrected chi connectivity index (χ4v) is 4.25. The van der Waals surface area contributed by atoms with Crippen LogP contribution in [0, 0.1) is 17.5 Å². The van der Waals surface area contributed by atoms with E-state index in [1.807, 2.05) is 0 Å². The van der Waals surface area contributed by atoms with Crippen LogP contribution in [0.4, 0.5) is 18.9 Å². The number of hydrogen-bond donors (Lipinski definition) is 1. The van der Waals surface area contributed by atoms with E-state index in [1.54, 1.807) is 6.07 Å². The van der Waals surface area contributed by atoms with Gasteiger partial charge in [-0.25, -0.2) is 13.2 Å². The van der Waals surface area contributed by atoms with Gasteiger partial charge in [-0.3, -0.25) is 9.59 Å². The first-order chi connectivity index (χ1) is 16.3. The van der Waals surface area contributed by atoms with Crippen LogP contribution in [0.3, 0.4) is 0 Å². The van der Waals surface area contributed by atoms with E-state index in [9.17, 15) is 22.8 Å². The van der Waals surface area contributed by atoms with Crippen molar-refractivity contribution in [2.45, 2.75) is 12.0 Å². The van der Waals surface area contributed by atoms with Crippen molar-refractivity contribution in [3.63, 3.8) is 0 Å². The molecule has 0 spiro atoms.